The quantitative estimate of drug-likeness (QED) is 0.643. The summed E-state index contributed by atoms with van der Waals surface area (Å²) in [6.45, 7) is 3.67. The Morgan fingerprint density at radius 2 is 2.18 bits per heavy atom. The van der Waals surface area contributed by atoms with Gasteiger partial charge in [0.1, 0.15) is 0 Å². The van der Waals surface area contributed by atoms with Crippen LogP contribution in [0.5, 0.6) is 0 Å². The Morgan fingerprint density at radius 3 is 2.86 bits per heavy atom. The Kier molecular flexibility index (Phi) is 4.04. The summed E-state index contributed by atoms with van der Waals surface area (Å²) in [6, 6.07) is 5.74. The molecule has 0 spiro atoms. The van der Waals surface area contributed by atoms with Gasteiger partial charge in [-0.1, -0.05) is 5.21 Å². The number of nitro groups is 1. The zero-order chi connectivity index (χ0) is 15.5. The number of hydrogen-bond donors (Lipinski definition) is 0. The average molecular weight is 301 g/mol. The van der Waals surface area contributed by atoms with E-state index in [0.717, 1.165) is 38.0 Å². The Bertz CT molecular complexity index is 656. The van der Waals surface area contributed by atoms with E-state index in [2.05, 4.69) is 15.2 Å². The first-order valence-electron chi connectivity index (χ1n) is 7.51. The van der Waals surface area contributed by atoms with Gasteiger partial charge in [0.25, 0.3) is 5.69 Å². The van der Waals surface area contributed by atoms with Gasteiger partial charge in [-0.15, -0.1) is 5.10 Å². The van der Waals surface area contributed by atoms with Gasteiger partial charge in [-0.05, 0) is 38.3 Å². The standard InChI is InChI=1S/C15H19N5O2/c1-12-11-14(4-5-15(12)20(21)22)18-8-2-3-13(6-9-18)19-10-7-16-17-19/h4-5,7,10-11,13H,2-3,6,8-9H2,1H3. The summed E-state index contributed by atoms with van der Waals surface area (Å²) in [5.41, 5.74) is 1.95. The molecule has 2 heterocycles. The molecular weight excluding hydrogens is 282 g/mol. The van der Waals surface area contributed by atoms with Gasteiger partial charge >= 0.3 is 0 Å². The predicted octanol–water partition coefficient (Wildman–Crippen LogP) is 2.73. The van der Waals surface area contributed by atoms with Crippen molar-refractivity contribution in [3.63, 3.8) is 0 Å². The van der Waals surface area contributed by atoms with Crippen LogP contribution in [0.3, 0.4) is 0 Å². The van der Waals surface area contributed by atoms with Crippen molar-refractivity contribution in [2.45, 2.75) is 32.2 Å². The van der Waals surface area contributed by atoms with Crippen molar-refractivity contribution < 1.29 is 4.92 Å². The second-order valence-corrected chi connectivity index (χ2v) is 5.68. The van der Waals surface area contributed by atoms with E-state index in [4.69, 9.17) is 0 Å². The van der Waals surface area contributed by atoms with Gasteiger partial charge in [-0.2, -0.15) is 0 Å². The molecule has 0 N–H and O–H groups in total. The number of rotatable bonds is 3. The first kappa shape index (κ1) is 14.5. The summed E-state index contributed by atoms with van der Waals surface area (Å²) in [5.74, 6) is 0. The van der Waals surface area contributed by atoms with Crippen LogP contribution in [0.4, 0.5) is 11.4 Å². The number of hydrogen-bond acceptors (Lipinski definition) is 5. The number of aromatic nitrogens is 3. The SMILES string of the molecule is Cc1cc(N2CCCC(n3ccnn3)CC2)ccc1[N+](=O)[O-]. The second-order valence-electron chi connectivity index (χ2n) is 5.68. The maximum absolute atomic E-state index is 10.9. The third-order valence-corrected chi connectivity index (χ3v) is 4.25. The van der Waals surface area contributed by atoms with Crippen LogP contribution in [-0.4, -0.2) is 33.0 Å². The molecule has 1 aliphatic heterocycles. The van der Waals surface area contributed by atoms with E-state index in [1.165, 1.54) is 0 Å². The summed E-state index contributed by atoms with van der Waals surface area (Å²) in [7, 11) is 0. The van der Waals surface area contributed by atoms with Gasteiger partial charge in [-0.3, -0.25) is 10.1 Å². The van der Waals surface area contributed by atoms with Crippen LogP contribution >= 0.6 is 0 Å². The normalized spacial score (nSPS) is 19.0. The molecule has 0 radical (unpaired) electrons. The third-order valence-electron chi connectivity index (χ3n) is 4.25. The van der Waals surface area contributed by atoms with Gasteiger partial charge in [0.15, 0.2) is 0 Å². The minimum atomic E-state index is -0.331. The Balaban J connectivity index is 1.73. The maximum atomic E-state index is 10.9. The molecule has 1 saturated heterocycles. The number of aryl methyl sites for hydroxylation is 1. The highest BCUT2D eigenvalue weighted by molar-refractivity contribution is 5.55. The zero-order valence-electron chi connectivity index (χ0n) is 12.6. The molecule has 1 unspecified atom stereocenters. The molecule has 0 aliphatic carbocycles. The summed E-state index contributed by atoms with van der Waals surface area (Å²) in [4.78, 5) is 12.9. The molecule has 3 rings (SSSR count). The number of nitrogens with zero attached hydrogens (tertiary/aromatic N) is 5. The van der Waals surface area contributed by atoms with Crippen molar-refractivity contribution in [3.8, 4) is 0 Å². The lowest BCUT2D eigenvalue weighted by Crippen LogP contribution is -2.24. The van der Waals surface area contributed by atoms with Crippen molar-refractivity contribution in [2.24, 2.45) is 0 Å². The number of benzene rings is 1. The highest BCUT2D eigenvalue weighted by atomic mass is 16.6. The van der Waals surface area contributed by atoms with E-state index in [0.29, 0.717) is 11.6 Å². The van der Waals surface area contributed by atoms with Gasteiger partial charge in [0.05, 0.1) is 17.2 Å². The molecule has 1 aromatic heterocycles. The predicted molar refractivity (Wildman–Crippen MR) is 83.0 cm³/mol. The van der Waals surface area contributed by atoms with E-state index in [-0.39, 0.29) is 10.6 Å². The fourth-order valence-corrected chi connectivity index (χ4v) is 3.05. The van der Waals surface area contributed by atoms with E-state index in [9.17, 15) is 10.1 Å². The van der Waals surface area contributed by atoms with Crippen molar-refractivity contribution in [2.75, 3.05) is 18.0 Å². The largest absolute Gasteiger partial charge is 0.371 e. The molecule has 1 aromatic carbocycles. The summed E-state index contributed by atoms with van der Waals surface area (Å²) >= 11 is 0. The van der Waals surface area contributed by atoms with Crippen LogP contribution in [0.15, 0.2) is 30.6 Å². The molecular formula is C15H19N5O2. The lowest BCUT2D eigenvalue weighted by atomic mass is 10.1. The third kappa shape index (κ3) is 2.93. The highest BCUT2D eigenvalue weighted by Crippen LogP contribution is 2.28. The molecule has 0 amide bonds. The molecule has 7 nitrogen and oxygen atoms in total. The molecule has 7 heteroatoms. The first-order chi connectivity index (χ1) is 10.6. The molecule has 1 fully saturated rings. The number of nitro benzene ring substituents is 1. The van der Waals surface area contributed by atoms with Crippen LogP contribution < -0.4 is 4.90 Å². The fraction of sp³-hybridized carbons (Fsp3) is 0.467. The molecule has 116 valence electrons. The average Bonchev–Trinajstić information content (AvgIpc) is 2.91. The fourth-order valence-electron chi connectivity index (χ4n) is 3.05. The molecule has 22 heavy (non-hydrogen) atoms. The Morgan fingerprint density at radius 1 is 1.32 bits per heavy atom. The molecule has 0 saturated carbocycles. The minimum Gasteiger partial charge on any atom is -0.371 e. The summed E-state index contributed by atoms with van der Waals surface area (Å²) in [6.07, 6.45) is 6.77. The van der Waals surface area contributed by atoms with E-state index in [1.807, 2.05) is 23.0 Å². The van der Waals surface area contributed by atoms with Gasteiger partial charge in [0.2, 0.25) is 0 Å². The van der Waals surface area contributed by atoms with Crippen molar-refractivity contribution in [1.29, 1.82) is 0 Å². The summed E-state index contributed by atoms with van der Waals surface area (Å²) in [5, 5.41) is 18.9. The lowest BCUT2D eigenvalue weighted by Gasteiger charge is -2.23. The van der Waals surface area contributed by atoms with E-state index >= 15 is 0 Å². The van der Waals surface area contributed by atoms with Crippen molar-refractivity contribution >= 4 is 11.4 Å². The van der Waals surface area contributed by atoms with E-state index in [1.54, 1.807) is 19.2 Å². The first-order valence-corrected chi connectivity index (χ1v) is 7.51. The molecule has 2 aromatic rings. The van der Waals surface area contributed by atoms with Crippen LogP contribution in [-0.2, 0) is 0 Å². The molecule has 0 bridgehead atoms. The topological polar surface area (TPSA) is 77.1 Å². The lowest BCUT2D eigenvalue weighted by molar-refractivity contribution is -0.385. The Labute approximate surface area is 128 Å². The van der Waals surface area contributed by atoms with Crippen LogP contribution in [0.25, 0.3) is 0 Å². The van der Waals surface area contributed by atoms with Crippen molar-refractivity contribution in [3.05, 3.63) is 46.3 Å². The molecule has 1 atom stereocenters. The Hall–Kier alpha value is -2.44. The van der Waals surface area contributed by atoms with Crippen LogP contribution in [0, 0.1) is 17.0 Å². The summed E-state index contributed by atoms with van der Waals surface area (Å²) < 4.78 is 1.94. The van der Waals surface area contributed by atoms with Crippen molar-refractivity contribution in [1.82, 2.24) is 15.0 Å². The van der Waals surface area contributed by atoms with Crippen LogP contribution in [0.1, 0.15) is 30.9 Å². The number of anilines is 1. The van der Waals surface area contributed by atoms with E-state index < -0.39 is 0 Å². The zero-order valence-corrected chi connectivity index (χ0v) is 12.6. The van der Waals surface area contributed by atoms with Gasteiger partial charge < -0.3 is 4.90 Å². The van der Waals surface area contributed by atoms with Gasteiger partial charge in [0, 0.05) is 36.6 Å². The molecule has 1 aliphatic rings. The minimum absolute atomic E-state index is 0.180. The maximum Gasteiger partial charge on any atom is 0.272 e. The highest BCUT2D eigenvalue weighted by Gasteiger charge is 2.20. The monoisotopic (exact) mass is 301 g/mol. The van der Waals surface area contributed by atoms with Gasteiger partial charge in [-0.25, -0.2) is 4.68 Å². The smallest absolute Gasteiger partial charge is 0.272 e. The van der Waals surface area contributed by atoms with Crippen LogP contribution in [0.2, 0.25) is 0 Å². The second kappa shape index (κ2) is 6.13.